The number of hydrogen-bond acceptors (Lipinski definition) is 4. The van der Waals surface area contributed by atoms with Crippen molar-refractivity contribution in [1.29, 1.82) is 0 Å². The monoisotopic (exact) mass is 439 g/mol. The molecule has 0 fully saturated rings. The molecule has 1 aromatic heterocycles. The summed E-state index contributed by atoms with van der Waals surface area (Å²) in [5, 5.41) is 6.31. The second-order valence-corrected chi connectivity index (χ2v) is 7.36. The number of benzene rings is 2. The van der Waals surface area contributed by atoms with E-state index >= 15 is 0 Å². The normalized spacial score (nSPS) is 10.2. The molecule has 3 aromatic rings. The van der Waals surface area contributed by atoms with Crippen molar-refractivity contribution in [3.8, 4) is 0 Å². The smallest absolute Gasteiger partial charge is 0.323 e. The van der Waals surface area contributed by atoms with Crippen LogP contribution in [0.5, 0.6) is 0 Å². The number of thiocarbonyl (C=S) groups is 1. The molecule has 11 heteroatoms. The number of rotatable bonds is 5. The molecule has 2 aromatic carbocycles. The van der Waals surface area contributed by atoms with Gasteiger partial charge in [0.05, 0.1) is 11.0 Å². The molecule has 154 valence electrons. The summed E-state index contributed by atoms with van der Waals surface area (Å²) in [5.74, 6) is -2.44. The lowest BCUT2D eigenvalue weighted by Crippen LogP contribution is -2.18. The Balaban J connectivity index is 0.000000537. The molecule has 7 nitrogen and oxygen atoms in total. The van der Waals surface area contributed by atoms with Gasteiger partial charge in [0.1, 0.15) is 0 Å². The van der Waals surface area contributed by atoms with E-state index in [4.69, 9.17) is 12.2 Å². The van der Waals surface area contributed by atoms with E-state index in [1.54, 1.807) is 56.6 Å². The summed E-state index contributed by atoms with van der Waals surface area (Å²) in [6.45, 7) is 0. The van der Waals surface area contributed by atoms with Gasteiger partial charge in [-0.05, 0) is 54.7 Å². The number of nitrogens with zero attached hydrogens (tertiary/aromatic N) is 1. The molecule has 29 heavy (non-hydrogen) atoms. The van der Waals surface area contributed by atoms with Gasteiger partial charge < -0.3 is 25.5 Å². The largest absolute Gasteiger partial charge is 0.351 e. The molecule has 0 saturated heterocycles. The van der Waals surface area contributed by atoms with Crippen molar-refractivity contribution in [3.63, 3.8) is 0 Å². The summed E-state index contributed by atoms with van der Waals surface area (Å²) < 4.78 is 24.6. The molecule has 0 unspecified atom stereocenters. The number of hydrogen-bond donors (Lipinski definition) is 4. The molecule has 0 bridgehead atoms. The molecule has 0 aliphatic heterocycles. The predicted octanol–water partition coefficient (Wildman–Crippen LogP) is 3.68. The Kier molecular flexibility index (Phi) is 8.16. The van der Waals surface area contributed by atoms with Crippen LogP contribution in [0.4, 0.5) is 20.2 Å². The van der Waals surface area contributed by atoms with Crippen molar-refractivity contribution in [2.24, 2.45) is 0 Å². The first-order valence-electron chi connectivity index (χ1n) is 8.23. The van der Waals surface area contributed by atoms with E-state index < -0.39 is 5.76 Å². The van der Waals surface area contributed by atoms with Crippen LogP contribution in [-0.4, -0.2) is 46.2 Å². The van der Waals surface area contributed by atoms with Gasteiger partial charge >= 0.3 is 5.69 Å². The number of aromatic amines is 2. The standard InChI is InChI=1S/C15H12F2N4OS2.C3H7NO/c16-13(17)24-10-4-1-8(2-5-10)18-15(23)19-9-3-6-11-12(7-9)21-14(22)20-11;1-4(2)3-5/h1-7,13H,(H2,18,19,23)(H2,20,21,22);3H,1-2H3. The summed E-state index contributed by atoms with van der Waals surface area (Å²) >= 11 is 5.71. The average Bonchev–Trinajstić information content (AvgIpc) is 3.02. The fourth-order valence-corrected chi connectivity index (χ4v) is 2.86. The third-order valence-electron chi connectivity index (χ3n) is 3.32. The number of thioether (sulfide) groups is 1. The highest BCUT2D eigenvalue weighted by atomic mass is 32.2. The van der Waals surface area contributed by atoms with E-state index in [1.165, 1.54) is 4.90 Å². The van der Waals surface area contributed by atoms with Crippen molar-refractivity contribution >= 4 is 57.9 Å². The zero-order chi connectivity index (χ0) is 21.4. The maximum Gasteiger partial charge on any atom is 0.323 e. The minimum absolute atomic E-state index is 0.274. The molecule has 1 amide bonds. The van der Waals surface area contributed by atoms with Gasteiger partial charge in [-0.25, -0.2) is 4.79 Å². The number of amides is 1. The van der Waals surface area contributed by atoms with Crippen LogP contribution >= 0.6 is 24.0 Å². The first kappa shape index (κ1) is 22.4. The van der Waals surface area contributed by atoms with Crippen LogP contribution in [0.15, 0.2) is 52.2 Å². The third-order valence-corrected chi connectivity index (χ3v) is 4.25. The quantitative estimate of drug-likeness (QED) is 0.275. The number of alkyl halides is 2. The molecule has 0 saturated carbocycles. The summed E-state index contributed by atoms with van der Waals surface area (Å²) in [7, 11) is 3.38. The summed E-state index contributed by atoms with van der Waals surface area (Å²) in [4.78, 5) is 27.9. The Morgan fingerprint density at radius 2 is 1.62 bits per heavy atom. The van der Waals surface area contributed by atoms with Crippen LogP contribution in [0.1, 0.15) is 0 Å². The summed E-state index contributed by atoms with van der Waals surface area (Å²) in [6, 6.07) is 11.8. The fraction of sp³-hybridized carbons (Fsp3) is 0.167. The highest BCUT2D eigenvalue weighted by Crippen LogP contribution is 2.26. The molecule has 0 aliphatic carbocycles. The minimum atomic E-state index is -2.44. The lowest BCUT2D eigenvalue weighted by molar-refractivity contribution is -0.115. The predicted molar refractivity (Wildman–Crippen MR) is 117 cm³/mol. The Labute approximate surface area is 174 Å². The molecular formula is C18H19F2N5O2S2. The van der Waals surface area contributed by atoms with Crippen LogP contribution in [0, 0.1) is 0 Å². The van der Waals surface area contributed by atoms with Crippen LogP contribution < -0.4 is 16.3 Å². The average molecular weight is 440 g/mol. The second-order valence-electron chi connectivity index (χ2n) is 5.89. The Bertz CT molecular complexity index is 1020. The van der Waals surface area contributed by atoms with Crippen LogP contribution in [0.25, 0.3) is 11.0 Å². The number of H-pyrrole nitrogens is 2. The second kappa shape index (κ2) is 10.6. The number of anilines is 2. The zero-order valence-electron chi connectivity index (χ0n) is 15.5. The Morgan fingerprint density at radius 1 is 1.07 bits per heavy atom. The number of fused-ring (bicyclic) bond motifs is 1. The SMILES string of the molecule is CN(C)C=O.O=c1[nH]c2ccc(NC(=S)Nc3ccc(SC(F)F)cc3)cc2[nH]1. The van der Waals surface area contributed by atoms with Gasteiger partial charge in [0.2, 0.25) is 6.41 Å². The molecule has 0 aliphatic rings. The number of nitrogens with one attached hydrogen (secondary N) is 4. The van der Waals surface area contributed by atoms with E-state index in [-0.39, 0.29) is 5.69 Å². The first-order valence-corrected chi connectivity index (χ1v) is 9.52. The minimum Gasteiger partial charge on any atom is -0.351 e. The highest BCUT2D eigenvalue weighted by Gasteiger charge is 2.06. The van der Waals surface area contributed by atoms with Gasteiger partial charge in [-0.1, -0.05) is 11.8 Å². The van der Waals surface area contributed by atoms with E-state index in [0.717, 1.165) is 6.41 Å². The third kappa shape index (κ3) is 7.54. The molecule has 0 spiro atoms. The number of imidazole rings is 1. The van der Waals surface area contributed by atoms with E-state index in [0.29, 0.717) is 44.2 Å². The molecule has 0 radical (unpaired) electrons. The van der Waals surface area contributed by atoms with Gasteiger partial charge in [-0.2, -0.15) is 8.78 Å². The molecule has 4 N–H and O–H groups in total. The Morgan fingerprint density at radius 3 is 2.21 bits per heavy atom. The summed E-state index contributed by atoms with van der Waals surface area (Å²) in [5.41, 5.74) is 2.49. The fourth-order valence-electron chi connectivity index (χ4n) is 2.12. The van der Waals surface area contributed by atoms with Gasteiger partial charge in [-0.3, -0.25) is 4.79 Å². The number of carbonyl (C=O) groups is 1. The van der Waals surface area contributed by atoms with Crippen LogP contribution in [0.2, 0.25) is 0 Å². The highest BCUT2D eigenvalue weighted by molar-refractivity contribution is 7.99. The van der Waals surface area contributed by atoms with Crippen LogP contribution in [-0.2, 0) is 4.79 Å². The summed E-state index contributed by atoms with van der Waals surface area (Å²) in [6.07, 6.45) is 0.750. The number of halogens is 2. The van der Waals surface area contributed by atoms with E-state index in [1.807, 2.05) is 0 Å². The zero-order valence-corrected chi connectivity index (χ0v) is 17.2. The molecule has 3 rings (SSSR count). The lowest BCUT2D eigenvalue weighted by Gasteiger charge is -2.11. The van der Waals surface area contributed by atoms with Gasteiger partial charge in [-0.15, -0.1) is 0 Å². The van der Waals surface area contributed by atoms with Gasteiger partial charge in [0, 0.05) is 30.4 Å². The van der Waals surface area contributed by atoms with E-state index in [2.05, 4.69) is 20.6 Å². The maximum atomic E-state index is 12.3. The first-order chi connectivity index (χ1) is 13.8. The van der Waals surface area contributed by atoms with Crippen molar-refractivity contribution < 1.29 is 13.6 Å². The number of aromatic nitrogens is 2. The van der Waals surface area contributed by atoms with Crippen molar-refractivity contribution in [2.45, 2.75) is 10.7 Å². The Hall–Kier alpha value is -2.92. The molecular weight excluding hydrogens is 420 g/mol. The molecule has 1 heterocycles. The maximum absolute atomic E-state index is 12.3. The van der Waals surface area contributed by atoms with E-state index in [9.17, 15) is 18.4 Å². The van der Waals surface area contributed by atoms with Gasteiger partial charge in [0.25, 0.3) is 5.76 Å². The van der Waals surface area contributed by atoms with Crippen molar-refractivity contribution in [3.05, 3.63) is 52.9 Å². The molecule has 0 atom stereocenters. The van der Waals surface area contributed by atoms with Crippen LogP contribution in [0.3, 0.4) is 0 Å². The van der Waals surface area contributed by atoms with Crippen molar-refractivity contribution in [1.82, 2.24) is 14.9 Å². The van der Waals surface area contributed by atoms with Gasteiger partial charge in [0.15, 0.2) is 5.11 Å². The van der Waals surface area contributed by atoms with Crippen molar-refractivity contribution in [2.75, 3.05) is 24.7 Å². The number of carbonyl (C=O) groups excluding carboxylic acids is 1. The lowest BCUT2D eigenvalue weighted by atomic mass is 10.3. The topological polar surface area (TPSA) is 93.0 Å².